The second kappa shape index (κ2) is 4.38. The van der Waals surface area contributed by atoms with Crippen molar-refractivity contribution < 1.29 is 0 Å². The van der Waals surface area contributed by atoms with Crippen LogP contribution in [0.4, 0.5) is 0 Å². The molecule has 0 heterocycles. The van der Waals surface area contributed by atoms with Crippen LogP contribution in [0.1, 0.15) is 34.1 Å². The van der Waals surface area contributed by atoms with E-state index in [2.05, 4.69) is 46.4 Å². The summed E-state index contributed by atoms with van der Waals surface area (Å²) in [7, 11) is 0. The standard InChI is InChI=1S/C11H20/c1-6-8-9-11(4,5)10(3)7-2/h7-10H,2,6H2,1,3-5H3/b9-8-. The van der Waals surface area contributed by atoms with Crippen molar-refractivity contribution in [1.82, 2.24) is 0 Å². The molecule has 64 valence electrons. The van der Waals surface area contributed by atoms with Gasteiger partial charge in [-0.25, -0.2) is 0 Å². The highest BCUT2D eigenvalue weighted by Crippen LogP contribution is 2.28. The largest absolute Gasteiger partial charge is 0.103 e. The third-order valence-electron chi connectivity index (χ3n) is 2.31. The zero-order valence-electron chi connectivity index (χ0n) is 8.22. The van der Waals surface area contributed by atoms with E-state index in [-0.39, 0.29) is 5.41 Å². The van der Waals surface area contributed by atoms with Crippen molar-refractivity contribution >= 4 is 0 Å². The molecule has 0 rings (SSSR count). The smallest absolute Gasteiger partial charge is 0.0115 e. The molecule has 0 aliphatic carbocycles. The Morgan fingerprint density at radius 1 is 1.45 bits per heavy atom. The first kappa shape index (κ1) is 10.5. The Hall–Kier alpha value is -0.520. The van der Waals surface area contributed by atoms with E-state index in [0.29, 0.717) is 5.92 Å². The van der Waals surface area contributed by atoms with Crippen LogP contribution in [0, 0.1) is 11.3 Å². The highest BCUT2D eigenvalue weighted by molar-refractivity contribution is 5.01. The van der Waals surface area contributed by atoms with Gasteiger partial charge in [-0.15, -0.1) is 6.58 Å². The zero-order chi connectivity index (χ0) is 8.91. The average Bonchev–Trinajstić information content (AvgIpc) is 1.99. The summed E-state index contributed by atoms with van der Waals surface area (Å²) in [4.78, 5) is 0. The number of allylic oxidation sites excluding steroid dienone is 3. The fourth-order valence-electron chi connectivity index (χ4n) is 0.877. The van der Waals surface area contributed by atoms with E-state index in [4.69, 9.17) is 0 Å². The van der Waals surface area contributed by atoms with Crippen molar-refractivity contribution in [2.24, 2.45) is 11.3 Å². The van der Waals surface area contributed by atoms with E-state index in [1.165, 1.54) is 0 Å². The SMILES string of the molecule is C=CC(C)C(C)(C)/C=C\CC. The molecule has 1 atom stereocenters. The summed E-state index contributed by atoms with van der Waals surface area (Å²) in [5.74, 6) is 0.547. The topological polar surface area (TPSA) is 0 Å². The van der Waals surface area contributed by atoms with Gasteiger partial charge in [0, 0.05) is 0 Å². The molecule has 0 radical (unpaired) electrons. The van der Waals surface area contributed by atoms with Gasteiger partial charge in [0.05, 0.1) is 0 Å². The molecule has 0 bridgehead atoms. The lowest BCUT2D eigenvalue weighted by molar-refractivity contribution is 0.368. The van der Waals surface area contributed by atoms with E-state index >= 15 is 0 Å². The van der Waals surface area contributed by atoms with E-state index in [0.717, 1.165) is 6.42 Å². The van der Waals surface area contributed by atoms with Gasteiger partial charge in [-0.1, -0.05) is 45.9 Å². The van der Waals surface area contributed by atoms with Gasteiger partial charge in [0.25, 0.3) is 0 Å². The highest BCUT2D eigenvalue weighted by atomic mass is 14.2. The Morgan fingerprint density at radius 3 is 2.36 bits per heavy atom. The summed E-state index contributed by atoms with van der Waals surface area (Å²) in [6, 6.07) is 0. The van der Waals surface area contributed by atoms with Gasteiger partial charge >= 0.3 is 0 Å². The van der Waals surface area contributed by atoms with Crippen LogP contribution in [0.3, 0.4) is 0 Å². The van der Waals surface area contributed by atoms with Gasteiger partial charge in [-0.05, 0) is 17.8 Å². The van der Waals surface area contributed by atoms with Gasteiger partial charge in [0.15, 0.2) is 0 Å². The molecule has 0 saturated carbocycles. The quantitative estimate of drug-likeness (QED) is 0.537. The summed E-state index contributed by atoms with van der Waals surface area (Å²) in [6.45, 7) is 12.6. The molecule has 0 saturated heterocycles. The van der Waals surface area contributed by atoms with Gasteiger partial charge < -0.3 is 0 Å². The molecular weight excluding hydrogens is 132 g/mol. The Bertz CT molecular complexity index is 140. The van der Waals surface area contributed by atoms with E-state index < -0.39 is 0 Å². The van der Waals surface area contributed by atoms with Crippen molar-refractivity contribution in [2.45, 2.75) is 34.1 Å². The minimum atomic E-state index is 0.262. The van der Waals surface area contributed by atoms with Crippen LogP contribution in [-0.4, -0.2) is 0 Å². The molecular formula is C11H20. The lowest BCUT2D eigenvalue weighted by Crippen LogP contribution is -2.16. The molecule has 0 amide bonds. The maximum atomic E-state index is 3.80. The van der Waals surface area contributed by atoms with Gasteiger partial charge in [-0.2, -0.15) is 0 Å². The van der Waals surface area contributed by atoms with E-state index in [9.17, 15) is 0 Å². The third-order valence-corrected chi connectivity index (χ3v) is 2.31. The molecule has 0 aromatic rings. The molecule has 0 nitrogen and oxygen atoms in total. The van der Waals surface area contributed by atoms with Crippen LogP contribution >= 0.6 is 0 Å². The number of rotatable bonds is 4. The highest BCUT2D eigenvalue weighted by Gasteiger charge is 2.19. The van der Waals surface area contributed by atoms with Crippen LogP contribution in [-0.2, 0) is 0 Å². The van der Waals surface area contributed by atoms with E-state index in [1.54, 1.807) is 0 Å². The number of hydrogen-bond donors (Lipinski definition) is 0. The molecule has 0 fully saturated rings. The Morgan fingerprint density at radius 2 is 2.00 bits per heavy atom. The van der Waals surface area contributed by atoms with Crippen molar-refractivity contribution in [3.05, 3.63) is 24.8 Å². The molecule has 0 aliphatic rings. The molecule has 0 aliphatic heterocycles. The van der Waals surface area contributed by atoms with Gasteiger partial charge in [-0.3, -0.25) is 0 Å². The summed E-state index contributed by atoms with van der Waals surface area (Å²) >= 11 is 0. The predicted molar refractivity (Wildman–Crippen MR) is 52.6 cm³/mol. The van der Waals surface area contributed by atoms with Crippen molar-refractivity contribution in [3.63, 3.8) is 0 Å². The summed E-state index contributed by atoms with van der Waals surface area (Å²) in [5, 5.41) is 0. The van der Waals surface area contributed by atoms with Gasteiger partial charge in [0.1, 0.15) is 0 Å². The summed E-state index contributed by atoms with van der Waals surface area (Å²) < 4.78 is 0. The normalized spacial score (nSPS) is 15.3. The molecule has 0 N–H and O–H groups in total. The van der Waals surface area contributed by atoms with Crippen LogP contribution in [0.25, 0.3) is 0 Å². The van der Waals surface area contributed by atoms with Crippen LogP contribution in [0.2, 0.25) is 0 Å². The van der Waals surface area contributed by atoms with Crippen LogP contribution in [0.15, 0.2) is 24.8 Å². The zero-order valence-corrected chi connectivity index (χ0v) is 8.22. The fraction of sp³-hybridized carbons (Fsp3) is 0.636. The first-order chi connectivity index (χ1) is 5.04. The average molecular weight is 152 g/mol. The maximum Gasteiger partial charge on any atom is -0.0115 e. The molecule has 0 aromatic carbocycles. The molecule has 0 spiro atoms. The number of hydrogen-bond acceptors (Lipinski definition) is 0. The molecule has 1 unspecified atom stereocenters. The Kier molecular flexibility index (Phi) is 4.17. The molecule has 11 heavy (non-hydrogen) atoms. The first-order valence-electron chi connectivity index (χ1n) is 4.34. The Labute approximate surface area is 71.0 Å². The van der Waals surface area contributed by atoms with E-state index in [1.807, 2.05) is 6.08 Å². The summed E-state index contributed by atoms with van der Waals surface area (Å²) in [5.41, 5.74) is 0.262. The van der Waals surface area contributed by atoms with Crippen LogP contribution < -0.4 is 0 Å². The second-order valence-corrected chi connectivity index (χ2v) is 3.66. The molecule has 0 heteroatoms. The predicted octanol–water partition coefficient (Wildman–Crippen LogP) is 3.80. The molecule has 0 aromatic heterocycles. The minimum Gasteiger partial charge on any atom is -0.103 e. The van der Waals surface area contributed by atoms with Crippen LogP contribution in [0.5, 0.6) is 0 Å². The minimum absolute atomic E-state index is 0.262. The van der Waals surface area contributed by atoms with Gasteiger partial charge in [0.2, 0.25) is 0 Å². The van der Waals surface area contributed by atoms with Crippen molar-refractivity contribution in [1.29, 1.82) is 0 Å². The first-order valence-corrected chi connectivity index (χ1v) is 4.34. The lowest BCUT2D eigenvalue weighted by atomic mass is 9.80. The lowest BCUT2D eigenvalue weighted by Gasteiger charge is -2.25. The second-order valence-electron chi connectivity index (χ2n) is 3.66. The fourth-order valence-corrected chi connectivity index (χ4v) is 0.877. The summed E-state index contributed by atoms with van der Waals surface area (Å²) in [6.07, 6.45) is 7.63. The maximum absolute atomic E-state index is 3.80. The monoisotopic (exact) mass is 152 g/mol. The van der Waals surface area contributed by atoms with Crippen molar-refractivity contribution in [3.8, 4) is 0 Å². The Balaban J connectivity index is 4.19. The third kappa shape index (κ3) is 3.41. The van der Waals surface area contributed by atoms with Crippen molar-refractivity contribution in [2.75, 3.05) is 0 Å².